The number of carbonyl (C=O) groups excluding carboxylic acids is 2. The van der Waals surface area contributed by atoms with Gasteiger partial charge in [-0.05, 0) is 29.8 Å². The summed E-state index contributed by atoms with van der Waals surface area (Å²) >= 11 is 0. The summed E-state index contributed by atoms with van der Waals surface area (Å²) in [7, 11) is 5.66. The van der Waals surface area contributed by atoms with Crippen LogP contribution in [0.3, 0.4) is 0 Å². The molecule has 1 aliphatic heterocycles. The zero-order valence-electron chi connectivity index (χ0n) is 17.0. The molecule has 2 aromatic rings. The molecule has 6 nitrogen and oxygen atoms in total. The average Bonchev–Trinajstić information content (AvgIpc) is 2.98. The lowest BCUT2D eigenvalue weighted by atomic mass is 9.95. The second-order valence-electron chi connectivity index (χ2n) is 7.44. The molecule has 152 valence electrons. The summed E-state index contributed by atoms with van der Waals surface area (Å²) in [6.45, 7) is 1.33. The SMILES string of the molecule is COc1ccc(C(O)=C2C(=O)C(=O)N(CCC[NH+](C)C)[C@@H]2c2ccccc2)cc1. The predicted octanol–water partition coefficient (Wildman–Crippen LogP) is 1.65. The number of nitrogens with one attached hydrogen (secondary N) is 1. The van der Waals surface area contributed by atoms with Crippen molar-refractivity contribution >= 4 is 17.4 Å². The maximum atomic E-state index is 12.9. The van der Waals surface area contributed by atoms with E-state index >= 15 is 0 Å². The molecule has 1 aliphatic rings. The molecule has 0 radical (unpaired) electrons. The molecule has 6 heteroatoms. The molecule has 0 aliphatic carbocycles. The normalized spacial score (nSPS) is 18.5. The predicted molar refractivity (Wildman–Crippen MR) is 111 cm³/mol. The van der Waals surface area contributed by atoms with E-state index in [-0.39, 0.29) is 11.3 Å². The van der Waals surface area contributed by atoms with Gasteiger partial charge < -0.3 is 19.6 Å². The van der Waals surface area contributed by atoms with Crippen molar-refractivity contribution in [3.63, 3.8) is 0 Å². The minimum Gasteiger partial charge on any atom is -0.507 e. The van der Waals surface area contributed by atoms with Crippen LogP contribution in [0.2, 0.25) is 0 Å². The van der Waals surface area contributed by atoms with Crippen molar-refractivity contribution in [2.75, 3.05) is 34.3 Å². The Morgan fingerprint density at radius 2 is 1.72 bits per heavy atom. The fourth-order valence-electron chi connectivity index (χ4n) is 3.60. The number of ketones is 1. The molecule has 0 saturated carbocycles. The van der Waals surface area contributed by atoms with Gasteiger partial charge in [0.15, 0.2) is 0 Å². The van der Waals surface area contributed by atoms with Gasteiger partial charge in [0, 0.05) is 18.5 Å². The highest BCUT2D eigenvalue weighted by molar-refractivity contribution is 6.46. The first kappa shape index (κ1) is 20.6. The number of carbonyl (C=O) groups is 2. The third kappa shape index (κ3) is 4.32. The topological polar surface area (TPSA) is 71.3 Å². The number of benzene rings is 2. The van der Waals surface area contributed by atoms with Crippen LogP contribution in [-0.2, 0) is 9.59 Å². The van der Waals surface area contributed by atoms with E-state index in [4.69, 9.17) is 4.74 Å². The van der Waals surface area contributed by atoms with Crippen LogP contribution in [0, 0.1) is 0 Å². The maximum Gasteiger partial charge on any atom is 0.295 e. The lowest BCUT2D eigenvalue weighted by molar-refractivity contribution is -0.858. The Morgan fingerprint density at radius 1 is 1.07 bits per heavy atom. The Labute approximate surface area is 171 Å². The maximum absolute atomic E-state index is 12.9. The van der Waals surface area contributed by atoms with Crippen LogP contribution in [0.15, 0.2) is 60.2 Å². The number of hydrogen-bond donors (Lipinski definition) is 2. The number of quaternary nitrogens is 1. The Hall–Kier alpha value is -3.12. The van der Waals surface area contributed by atoms with E-state index in [1.165, 1.54) is 4.90 Å². The second-order valence-corrected chi connectivity index (χ2v) is 7.44. The van der Waals surface area contributed by atoms with Crippen molar-refractivity contribution in [1.82, 2.24) is 4.90 Å². The number of nitrogens with zero attached hydrogens (tertiary/aromatic N) is 1. The van der Waals surface area contributed by atoms with E-state index in [9.17, 15) is 14.7 Å². The number of aliphatic hydroxyl groups is 1. The van der Waals surface area contributed by atoms with Gasteiger partial charge in [0.1, 0.15) is 11.5 Å². The van der Waals surface area contributed by atoms with Crippen molar-refractivity contribution in [2.24, 2.45) is 0 Å². The summed E-state index contributed by atoms with van der Waals surface area (Å²) in [6, 6.07) is 15.6. The molecular weight excluding hydrogens is 368 g/mol. The number of Topliss-reactive ketones (excluding diaryl/α,β-unsaturated/α-hetero) is 1. The highest BCUT2D eigenvalue weighted by atomic mass is 16.5. The highest BCUT2D eigenvalue weighted by Crippen LogP contribution is 2.39. The molecule has 1 amide bonds. The zero-order valence-corrected chi connectivity index (χ0v) is 17.0. The minimum atomic E-state index is -0.649. The molecule has 0 aromatic heterocycles. The fourth-order valence-corrected chi connectivity index (χ4v) is 3.60. The van der Waals surface area contributed by atoms with Crippen LogP contribution in [0.4, 0.5) is 0 Å². The quantitative estimate of drug-likeness (QED) is 0.425. The van der Waals surface area contributed by atoms with E-state index in [0.717, 1.165) is 18.5 Å². The minimum absolute atomic E-state index is 0.128. The van der Waals surface area contributed by atoms with Crippen molar-refractivity contribution < 1.29 is 24.3 Å². The first-order valence-corrected chi connectivity index (χ1v) is 9.71. The van der Waals surface area contributed by atoms with Crippen LogP contribution < -0.4 is 9.64 Å². The first-order chi connectivity index (χ1) is 13.9. The smallest absolute Gasteiger partial charge is 0.295 e. The van der Waals surface area contributed by atoms with Gasteiger partial charge >= 0.3 is 0 Å². The summed E-state index contributed by atoms with van der Waals surface area (Å²) < 4.78 is 5.15. The van der Waals surface area contributed by atoms with Gasteiger partial charge in [-0.25, -0.2) is 0 Å². The molecule has 1 heterocycles. The summed E-state index contributed by atoms with van der Waals surface area (Å²) in [5, 5.41) is 11.0. The number of rotatable bonds is 7. The third-order valence-corrected chi connectivity index (χ3v) is 5.09. The van der Waals surface area contributed by atoms with E-state index < -0.39 is 17.7 Å². The number of likely N-dealkylation sites (tertiary alicyclic amines) is 1. The lowest BCUT2D eigenvalue weighted by Crippen LogP contribution is -3.05. The number of ether oxygens (including phenoxy) is 1. The van der Waals surface area contributed by atoms with Gasteiger partial charge in [0.25, 0.3) is 11.7 Å². The fraction of sp³-hybridized carbons (Fsp3) is 0.304. The molecular formula is C23H27N2O4+. The van der Waals surface area contributed by atoms with E-state index in [0.29, 0.717) is 17.9 Å². The second kappa shape index (κ2) is 8.92. The van der Waals surface area contributed by atoms with E-state index in [2.05, 4.69) is 0 Å². The summed E-state index contributed by atoms with van der Waals surface area (Å²) in [4.78, 5) is 28.6. The van der Waals surface area contributed by atoms with Gasteiger partial charge in [-0.3, -0.25) is 9.59 Å². The standard InChI is InChI=1S/C23H26N2O4/c1-24(2)14-7-15-25-20(16-8-5-4-6-9-16)19(22(27)23(25)28)21(26)17-10-12-18(29-3)13-11-17/h4-6,8-13,20,26H,7,14-15H2,1-3H3/p+1/t20-/m1/s1. The van der Waals surface area contributed by atoms with E-state index in [1.54, 1.807) is 36.3 Å². The van der Waals surface area contributed by atoms with Crippen molar-refractivity contribution in [3.8, 4) is 5.75 Å². The Balaban J connectivity index is 2.05. The molecule has 1 fully saturated rings. The van der Waals surface area contributed by atoms with Crippen LogP contribution in [0.5, 0.6) is 5.75 Å². The third-order valence-electron chi connectivity index (χ3n) is 5.09. The average molecular weight is 395 g/mol. The van der Waals surface area contributed by atoms with Gasteiger partial charge in [-0.1, -0.05) is 30.3 Å². The monoisotopic (exact) mass is 395 g/mol. The molecule has 2 N–H and O–H groups in total. The molecule has 2 aromatic carbocycles. The van der Waals surface area contributed by atoms with Gasteiger partial charge in [-0.2, -0.15) is 0 Å². The summed E-state index contributed by atoms with van der Waals surface area (Å²) in [6.07, 6.45) is 0.765. The lowest BCUT2D eigenvalue weighted by Gasteiger charge is -2.25. The Morgan fingerprint density at radius 3 is 2.31 bits per heavy atom. The first-order valence-electron chi connectivity index (χ1n) is 9.71. The number of hydrogen-bond acceptors (Lipinski definition) is 4. The zero-order chi connectivity index (χ0) is 21.0. The largest absolute Gasteiger partial charge is 0.507 e. The van der Waals surface area contributed by atoms with Crippen molar-refractivity contribution in [3.05, 3.63) is 71.3 Å². The van der Waals surface area contributed by atoms with Crippen molar-refractivity contribution in [2.45, 2.75) is 12.5 Å². The number of amides is 1. The molecule has 3 rings (SSSR count). The molecule has 0 bridgehead atoms. The van der Waals surface area contributed by atoms with Crippen LogP contribution in [-0.4, -0.2) is 56.0 Å². The molecule has 29 heavy (non-hydrogen) atoms. The van der Waals surface area contributed by atoms with Crippen LogP contribution >= 0.6 is 0 Å². The van der Waals surface area contributed by atoms with Crippen LogP contribution in [0.1, 0.15) is 23.6 Å². The Kier molecular flexibility index (Phi) is 6.34. The highest BCUT2D eigenvalue weighted by Gasteiger charge is 2.45. The molecule has 1 atom stereocenters. The van der Waals surface area contributed by atoms with E-state index in [1.807, 2.05) is 44.4 Å². The van der Waals surface area contributed by atoms with Gasteiger partial charge in [-0.15, -0.1) is 0 Å². The summed E-state index contributed by atoms with van der Waals surface area (Å²) in [5.41, 5.74) is 1.41. The molecule has 1 saturated heterocycles. The Bertz CT molecular complexity index is 904. The van der Waals surface area contributed by atoms with Gasteiger partial charge in [0.2, 0.25) is 0 Å². The van der Waals surface area contributed by atoms with Crippen LogP contribution in [0.25, 0.3) is 5.76 Å². The molecule has 0 unspecified atom stereocenters. The van der Waals surface area contributed by atoms with Gasteiger partial charge in [0.05, 0.1) is 39.4 Å². The summed E-state index contributed by atoms with van der Waals surface area (Å²) in [5.74, 6) is -0.736. The van der Waals surface area contributed by atoms with Crippen molar-refractivity contribution in [1.29, 1.82) is 0 Å². The number of methoxy groups -OCH3 is 1. The molecule has 0 spiro atoms. The number of aliphatic hydroxyl groups excluding tert-OH is 1.